The molecule has 0 spiro atoms. The Balaban J connectivity index is 2.89. The molecule has 2 aromatic rings. The molecule has 1 aromatic heterocycles. The zero-order valence-electron chi connectivity index (χ0n) is 9.09. The molecule has 84 valence electrons. The lowest BCUT2D eigenvalue weighted by Crippen LogP contribution is -2.07. The first-order chi connectivity index (χ1) is 7.50. The molecular weight excluding hydrogens is 243 g/mol. The van der Waals surface area contributed by atoms with Crippen LogP contribution in [0.2, 0.25) is 10.0 Å². The van der Waals surface area contributed by atoms with Crippen molar-refractivity contribution in [2.24, 2.45) is 5.73 Å². The first-order valence-electron chi connectivity index (χ1n) is 5.01. The molecule has 0 saturated heterocycles. The molecular formula is C12H12Cl2N2. The van der Waals surface area contributed by atoms with Gasteiger partial charge in [-0.3, -0.25) is 4.98 Å². The van der Waals surface area contributed by atoms with Crippen molar-refractivity contribution >= 4 is 34.1 Å². The quantitative estimate of drug-likeness (QED) is 0.840. The number of rotatable bonds is 1. The van der Waals surface area contributed by atoms with Gasteiger partial charge in [-0.2, -0.15) is 0 Å². The number of nitrogens with two attached hydrogens (primary N) is 1. The number of benzene rings is 1. The maximum absolute atomic E-state index is 6.14. The van der Waals surface area contributed by atoms with Crippen LogP contribution in [-0.4, -0.2) is 4.98 Å². The highest BCUT2D eigenvalue weighted by Crippen LogP contribution is 2.32. The molecule has 0 amide bonds. The van der Waals surface area contributed by atoms with E-state index in [0.29, 0.717) is 10.0 Å². The molecule has 1 atom stereocenters. The van der Waals surface area contributed by atoms with Crippen molar-refractivity contribution in [2.45, 2.75) is 19.9 Å². The molecule has 1 aromatic carbocycles. The summed E-state index contributed by atoms with van der Waals surface area (Å²) in [7, 11) is 0. The fourth-order valence-electron chi connectivity index (χ4n) is 1.77. The van der Waals surface area contributed by atoms with E-state index in [-0.39, 0.29) is 6.04 Å². The van der Waals surface area contributed by atoms with Gasteiger partial charge in [0.1, 0.15) is 0 Å². The highest BCUT2D eigenvalue weighted by atomic mass is 35.5. The van der Waals surface area contributed by atoms with E-state index >= 15 is 0 Å². The zero-order valence-corrected chi connectivity index (χ0v) is 10.6. The SMILES string of the molecule is Cc1cc(C(C)N)c2ccc(Cl)c(Cl)c2n1. The summed E-state index contributed by atoms with van der Waals surface area (Å²) in [6.45, 7) is 3.86. The van der Waals surface area contributed by atoms with E-state index in [0.717, 1.165) is 22.2 Å². The molecule has 16 heavy (non-hydrogen) atoms. The average Bonchev–Trinajstić information content (AvgIpc) is 2.23. The second kappa shape index (κ2) is 4.21. The van der Waals surface area contributed by atoms with Crippen molar-refractivity contribution in [3.8, 4) is 0 Å². The first kappa shape index (κ1) is 11.6. The predicted octanol–water partition coefficient (Wildman–Crippen LogP) is 3.87. The van der Waals surface area contributed by atoms with Crippen LogP contribution in [0.15, 0.2) is 18.2 Å². The number of aromatic nitrogens is 1. The number of hydrogen-bond donors (Lipinski definition) is 1. The van der Waals surface area contributed by atoms with Crippen molar-refractivity contribution < 1.29 is 0 Å². The van der Waals surface area contributed by atoms with Gasteiger partial charge in [-0.15, -0.1) is 0 Å². The van der Waals surface area contributed by atoms with Gasteiger partial charge in [0.25, 0.3) is 0 Å². The van der Waals surface area contributed by atoms with Gasteiger partial charge < -0.3 is 5.73 Å². The van der Waals surface area contributed by atoms with Crippen molar-refractivity contribution in [1.29, 1.82) is 0 Å². The van der Waals surface area contributed by atoms with Crippen molar-refractivity contribution in [1.82, 2.24) is 4.98 Å². The average molecular weight is 255 g/mol. The molecule has 1 heterocycles. The van der Waals surface area contributed by atoms with Gasteiger partial charge in [-0.05, 0) is 31.5 Å². The summed E-state index contributed by atoms with van der Waals surface area (Å²) in [6, 6.07) is 5.61. The Bertz CT molecular complexity index is 550. The molecule has 0 bridgehead atoms. The maximum Gasteiger partial charge on any atom is 0.0909 e. The number of fused-ring (bicyclic) bond motifs is 1. The minimum atomic E-state index is -0.0542. The molecule has 0 aliphatic rings. The topological polar surface area (TPSA) is 38.9 Å². The molecule has 0 aliphatic carbocycles. The van der Waals surface area contributed by atoms with E-state index in [1.165, 1.54) is 0 Å². The maximum atomic E-state index is 6.14. The van der Waals surface area contributed by atoms with E-state index in [4.69, 9.17) is 28.9 Å². The molecule has 1 unspecified atom stereocenters. The Morgan fingerprint density at radius 3 is 2.62 bits per heavy atom. The van der Waals surface area contributed by atoms with Gasteiger partial charge in [0.05, 0.1) is 15.6 Å². The van der Waals surface area contributed by atoms with Crippen LogP contribution in [-0.2, 0) is 0 Å². The number of pyridine rings is 1. The van der Waals surface area contributed by atoms with E-state index in [1.807, 2.05) is 26.0 Å². The third kappa shape index (κ3) is 1.88. The molecule has 0 radical (unpaired) electrons. The van der Waals surface area contributed by atoms with E-state index in [1.54, 1.807) is 6.07 Å². The van der Waals surface area contributed by atoms with Crippen LogP contribution in [0.1, 0.15) is 24.2 Å². The lowest BCUT2D eigenvalue weighted by molar-refractivity contribution is 0.823. The lowest BCUT2D eigenvalue weighted by Gasteiger charge is -2.12. The Morgan fingerprint density at radius 1 is 1.31 bits per heavy atom. The number of nitrogens with zero attached hydrogens (tertiary/aromatic N) is 1. The molecule has 2 rings (SSSR count). The van der Waals surface area contributed by atoms with Gasteiger partial charge in [0, 0.05) is 17.1 Å². The summed E-state index contributed by atoms with van der Waals surface area (Å²) in [4.78, 5) is 4.41. The number of hydrogen-bond acceptors (Lipinski definition) is 2. The molecule has 0 aliphatic heterocycles. The summed E-state index contributed by atoms with van der Waals surface area (Å²) in [6.07, 6.45) is 0. The Kier molecular flexibility index (Phi) is 3.06. The van der Waals surface area contributed by atoms with Crippen LogP contribution < -0.4 is 5.73 Å². The molecule has 2 N–H and O–H groups in total. The van der Waals surface area contributed by atoms with Crippen LogP contribution >= 0.6 is 23.2 Å². The van der Waals surface area contributed by atoms with Crippen LogP contribution in [0.4, 0.5) is 0 Å². The molecule has 2 nitrogen and oxygen atoms in total. The Morgan fingerprint density at radius 2 is 2.00 bits per heavy atom. The third-order valence-corrected chi connectivity index (χ3v) is 3.32. The standard InChI is InChI=1S/C12H12Cl2N2/c1-6-5-9(7(2)15)8-3-4-10(13)11(14)12(8)16-6/h3-5,7H,15H2,1-2H3. The van der Waals surface area contributed by atoms with E-state index in [2.05, 4.69) is 4.98 Å². The monoisotopic (exact) mass is 254 g/mol. The van der Waals surface area contributed by atoms with Crippen molar-refractivity contribution in [3.63, 3.8) is 0 Å². The molecule has 0 saturated carbocycles. The van der Waals surface area contributed by atoms with E-state index in [9.17, 15) is 0 Å². The number of aryl methyl sites for hydroxylation is 1. The Hall–Kier alpha value is -0.830. The molecule has 0 fully saturated rings. The normalized spacial score (nSPS) is 13.1. The second-order valence-corrected chi connectivity index (χ2v) is 4.68. The first-order valence-corrected chi connectivity index (χ1v) is 5.77. The van der Waals surface area contributed by atoms with Crippen LogP contribution in [0.5, 0.6) is 0 Å². The number of halogens is 2. The minimum absolute atomic E-state index is 0.0542. The van der Waals surface area contributed by atoms with E-state index < -0.39 is 0 Å². The highest BCUT2D eigenvalue weighted by Gasteiger charge is 2.11. The summed E-state index contributed by atoms with van der Waals surface area (Å²) in [5.41, 5.74) is 8.59. The van der Waals surface area contributed by atoms with Crippen molar-refractivity contribution in [2.75, 3.05) is 0 Å². The van der Waals surface area contributed by atoms with Gasteiger partial charge in [0.15, 0.2) is 0 Å². The summed E-state index contributed by atoms with van der Waals surface area (Å²) >= 11 is 12.1. The van der Waals surface area contributed by atoms with Gasteiger partial charge in [-0.1, -0.05) is 29.3 Å². The summed E-state index contributed by atoms with van der Waals surface area (Å²) < 4.78 is 0. The van der Waals surface area contributed by atoms with Crippen LogP contribution in [0.25, 0.3) is 10.9 Å². The third-order valence-electron chi connectivity index (χ3n) is 2.52. The predicted molar refractivity (Wildman–Crippen MR) is 69.1 cm³/mol. The molecule has 4 heteroatoms. The zero-order chi connectivity index (χ0) is 11.9. The highest BCUT2D eigenvalue weighted by molar-refractivity contribution is 6.45. The largest absolute Gasteiger partial charge is 0.324 e. The fourth-order valence-corrected chi connectivity index (χ4v) is 2.13. The summed E-state index contributed by atoms with van der Waals surface area (Å²) in [5, 5.41) is 1.97. The Labute approximate surface area is 104 Å². The lowest BCUT2D eigenvalue weighted by atomic mass is 10.0. The smallest absolute Gasteiger partial charge is 0.0909 e. The summed E-state index contributed by atoms with van der Waals surface area (Å²) in [5.74, 6) is 0. The van der Waals surface area contributed by atoms with Crippen molar-refractivity contribution in [3.05, 3.63) is 39.5 Å². The van der Waals surface area contributed by atoms with Crippen LogP contribution in [0, 0.1) is 6.92 Å². The van der Waals surface area contributed by atoms with Gasteiger partial charge in [-0.25, -0.2) is 0 Å². The minimum Gasteiger partial charge on any atom is -0.324 e. The van der Waals surface area contributed by atoms with Crippen LogP contribution in [0.3, 0.4) is 0 Å². The fraction of sp³-hybridized carbons (Fsp3) is 0.250. The van der Waals surface area contributed by atoms with Gasteiger partial charge in [0.2, 0.25) is 0 Å². The second-order valence-electron chi connectivity index (χ2n) is 3.90. The van der Waals surface area contributed by atoms with Gasteiger partial charge >= 0.3 is 0 Å².